The molecular weight excluding hydrogens is 276 g/mol. The second-order valence-electron chi connectivity index (χ2n) is 3.91. The molecule has 1 aromatic heterocycles. The lowest BCUT2D eigenvalue weighted by Gasteiger charge is -2.13. The zero-order valence-corrected chi connectivity index (χ0v) is 12.3. The maximum absolute atomic E-state index is 12.1. The molecule has 1 heterocycles. The smallest absolute Gasteiger partial charge is 0.246 e. The van der Waals surface area contributed by atoms with Gasteiger partial charge in [0, 0.05) is 9.77 Å². The van der Waals surface area contributed by atoms with E-state index in [1.165, 1.54) is 11.3 Å². The summed E-state index contributed by atoms with van der Waals surface area (Å²) < 4.78 is 0. The zero-order chi connectivity index (χ0) is 13.7. The molecule has 1 aromatic carbocycles. The number of hydrogen-bond acceptors (Lipinski definition) is 4. The maximum Gasteiger partial charge on any atom is 0.246 e. The van der Waals surface area contributed by atoms with Crippen LogP contribution in [0.5, 0.6) is 0 Å². The Morgan fingerprint density at radius 3 is 2.84 bits per heavy atom. The van der Waals surface area contributed by atoms with Crippen LogP contribution in [0, 0.1) is 0 Å². The van der Waals surface area contributed by atoms with E-state index >= 15 is 0 Å². The molecule has 1 unspecified atom stereocenters. The molecule has 0 aliphatic carbocycles. The van der Waals surface area contributed by atoms with E-state index in [1.54, 1.807) is 11.8 Å². The summed E-state index contributed by atoms with van der Waals surface area (Å²) >= 11 is 3.19. The third-order valence-corrected chi connectivity index (χ3v) is 4.49. The van der Waals surface area contributed by atoms with Crippen molar-refractivity contribution in [2.45, 2.75) is 17.9 Å². The maximum atomic E-state index is 12.1. The van der Waals surface area contributed by atoms with E-state index in [0.29, 0.717) is 0 Å². The van der Waals surface area contributed by atoms with Crippen LogP contribution in [0.15, 0.2) is 46.7 Å². The Balaban J connectivity index is 2.10. The molecule has 0 radical (unpaired) electrons. The highest BCUT2D eigenvalue weighted by Crippen LogP contribution is 2.27. The van der Waals surface area contributed by atoms with Crippen LogP contribution in [-0.4, -0.2) is 11.7 Å². The monoisotopic (exact) mass is 292 g/mol. The molecule has 3 nitrogen and oxygen atoms in total. The van der Waals surface area contributed by atoms with Gasteiger partial charge < -0.3 is 11.1 Å². The number of thiophene rings is 1. The van der Waals surface area contributed by atoms with Crippen LogP contribution in [0.4, 0.5) is 5.69 Å². The number of benzene rings is 1. The molecule has 5 heteroatoms. The van der Waals surface area contributed by atoms with Crippen LogP contribution in [0.2, 0.25) is 0 Å². The molecule has 19 heavy (non-hydrogen) atoms. The van der Waals surface area contributed by atoms with E-state index in [-0.39, 0.29) is 5.91 Å². The van der Waals surface area contributed by atoms with Gasteiger partial charge in [0.25, 0.3) is 0 Å². The number of anilines is 1. The van der Waals surface area contributed by atoms with E-state index < -0.39 is 6.04 Å². The van der Waals surface area contributed by atoms with E-state index in [2.05, 4.69) is 12.2 Å². The number of nitrogens with one attached hydrogen (secondary N) is 1. The molecule has 100 valence electrons. The molecule has 0 spiro atoms. The fraction of sp³-hybridized carbons (Fsp3) is 0.214. The minimum absolute atomic E-state index is 0.174. The van der Waals surface area contributed by atoms with Crippen molar-refractivity contribution in [1.29, 1.82) is 0 Å². The Morgan fingerprint density at radius 1 is 1.37 bits per heavy atom. The van der Waals surface area contributed by atoms with E-state index in [4.69, 9.17) is 5.73 Å². The number of amides is 1. The van der Waals surface area contributed by atoms with Gasteiger partial charge in [0.1, 0.15) is 6.04 Å². The van der Waals surface area contributed by atoms with Gasteiger partial charge in [0.15, 0.2) is 0 Å². The highest BCUT2D eigenvalue weighted by molar-refractivity contribution is 7.99. The fourth-order valence-electron chi connectivity index (χ4n) is 1.66. The SMILES string of the molecule is CCSc1ccccc1NC(=O)C(N)c1cccs1. The van der Waals surface area contributed by atoms with Crippen molar-refractivity contribution < 1.29 is 4.79 Å². The third kappa shape index (κ3) is 3.59. The van der Waals surface area contributed by atoms with Crippen molar-refractivity contribution in [3.8, 4) is 0 Å². The second kappa shape index (κ2) is 6.75. The van der Waals surface area contributed by atoms with Gasteiger partial charge in [0.05, 0.1) is 5.69 Å². The van der Waals surface area contributed by atoms with Gasteiger partial charge in [0.2, 0.25) is 5.91 Å². The minimum atomic E-state index is -0.611. The summed E-state index contributed by atoms with van der Waals surface area (Å²) in [6.45, 7) is 2.08. The Labute approximate surface area is 121 Å². The van der Waals surface area contributed by atoms with Gasteiger partial charge in [-0.15, -0.1) is 23.1 Å². The van der Waals surface area contributed by atoms with Crippen LogP contribution >= 0.6 is 23.1 Å². The lowest BCUT2D eigenvalue weighted by atomic mass is 10.2. The highest BCUT2D eigenvalue weighted by atomic mass is 32.2. The van der Waals surface area contributed by atoms with Gasteiger partial charge in [-0.25, -0.2) is 0 Å². The summed E-state index contributed by atoms with van der Waals surface area (Å²) in [6, 6.07) is 10.9. The average Bonchev–Trinajstić information content (AvgIpc) is 2.94. The first-order valence-electron chi connectivity index (χ1n) is 6.04. The zero-order valence-electron chi connectivity index (χ0n) is 10.6. The van der Waals surface area contributed by atoms with Gasteiger partial charge in [-0.3, -0.25) is 4.79 Å². The van der Waals surface area contributed by atoms with E-state index in [0.717, 1.165) is 21.2 Å². The van der Waals surface area contributed by atoms with Crippen molar-refractivity contribution in [3.05, 3.63) is 46.7 Å². The molecule has 1 atom stereocenters. The average molecular weight is 292 g/mol. The van der Waals surface area contributed by atoms with Gasteiger partial charge >= 0.3 is 0 Å². The normalized spacial score (nSPS) is 12.1. The predicted molar refractivity (Wildman–Crippen MR) is 82.7 cm³/mol. The van der Waals surface area contributed by atoms with Crippen LogP contribution in [0.25, 0.3) is 0 Å². The van der Waals surface area contributed by atoms with Crippen molar-refractivity contribution >= 4 is 34.7 Å². The Bertz CT molecular complexity index is 540. The van der Waals surface area contributed by atoms with Crippen molar-refractivity contribution in [3.63, 3.8) is 0 Å². The third-order valence-electron chi connectivity index (χ3n) is 2.58. The first-order valence-corrected chi connectivity index (χ1v) is 7.90. The first kappa shape index (κ1) is 14.1. The molecule has 0 fully saturated rings. The van der Waals surface area contributed by atoms with Crippen LogP contribution in [0.3, 0.4) is 0 Å². The standard InChI is InChI=1S/C14H16N2OS2/c1-2-18-11-7-4-3-6-10(11)16-14(17)13(15)12-8-5-9-19-12/h3-9,13H,2,15H2,1H3,(H,16,17). The number of para-hydroxylation sites is 1. The molecule has 0 bridgehead atoms. The Morgan fingerprint density at radius 2 is 2.16 bits per heavy atom. The molecular formula is C14H16N2OS2. The number of carbonyl (C=O) groups excluding carboxylic acids is 1. The lowest BCUT2D eigenvalue weighted by Crippen LogP contribution is -2.27. The van der Waals surface area contributed by atoms with Gasteiger partial charge in [-0.1, -0.05) is 25.1 Å². The van der Waals surface area contributed by atoms with Crippen LogP contribution < -0.4 is 11.1 Å². The topological polar surface area (TPSA) is 55.1 Å². The van der Waals surface area contributed by atoms with Crippen LogP contribution in [-0.2, 0) is 4.79 Å². The molecule has 0 aliphatic rings. The highest BCUT2D eigenvalue weighted by Gasteiger charge is 2.17. The van der Waals surface area contributed by atoms with Gasteiger partial charge in [-0.2, -0.15) is 0 Å². The minimum Gasteiger partial charge on any atom is -0.323 e. The molecule has 2 aromatic rings. The quantitative estimate of drug-likeness (QED) is 0.829. The van der Waals surface area contributed by atoms with E-state index in [1.807, 2.05) is 41.8 Å². The van der Waals surface area contributed by atoms with E-state index in [9.17, 15) is 4.79 Å². The van der Waals surface area contributed by atoms with Crippen LogP contribution in [0.1, 0.15) is 17.8 Å². The summed E-state index contributed by atoms with van der Waals surface area (Å²) in [7, 11) is 0. The molecule has 0 saturated heterocycles. The summed E-state index contributed by atoms with van der Waals surface area (Å²) in [5.41, 5.74) is 6.77. The fourth-order valence-corrected chi connectivity index (χ4v) is 3.14. The Kier molecular flexibility index (Phi) is 5.01. The largest absolute Gasteiger partial charge is 0.323 e. The van der Waals surface area contributed by atoms with Gasteiger partial charge in [-0.05, 0) is 29.3 Å². The second-order valence-corrected chi connectivity index (χ2v) is 6.20. The number of nitrogens with two attached hydrogens (primary N) is 1. The van der Waals surface area contributed by atoms with Crippen molar-refractivity contribution in [1.82, 2.24) is 0 Å². The number of carbonyl (C=O) groups is 1. The molecule has 0 saturated carbocycles. The Hall–Kier alpha value is -1.30. The molecule has 1 amide bonds. The van der Waals surface area contributed by atoms with Crippen molar-refractivity contribution in [2.75, 3.05) is 11.1 Å². The number of hydrogen-bond donors (Lipinski definition) is 2. The molecule has 0 aliphatic heterocycles. The molecule has 3 N–H and O–H groups in total. The first-order chi connectivity index (χ1) is 9.22. The summed E-state index contributed by atoms with van der Waals surface area (Å²) in [6.07, 6.45) is 0. The molecule has 2 rings (SSSR count). The van der Waals surface area contributed by atoms with Crippen molar-refractivity contribution in [2.24, 2.45) is 5.73 Å². The predicted octanol–water partition coefficient (Wildman–Crippen LogP) is 3.50. The summed E-state index contributed by atoms with van der Waals surface area (Å²) in [5, 5.41) is 4.83. The lowest BCUT2D eigenvalue weighted by molar-refractivity contribution is -0.117. The summed E-state index contributed by atoms with van der Waals surface area (Å²) in [4.78, 5) is 14.1. The number of rotatable bonds is 5. The summed E-state index contributed by atoms with van der Waals surface area (Å²) in [5.74, 6) is 0.788. The number of thioether (sulfide) groups is 1.